The van der Waals surface area contributed by atoms with Gasteiger partial charge in [0.1, 0.15) is 11.2 Å². The summed E-state index contributed by atoms with van der Waals surface area (Å²) in [6, 6.07) is 13.5. The summed E-state index contributed by atoms with van der Waals surface area (Å²) in [4.78, 5) is 12.1. The number of hydrogen-bond donors (Lipinski definition) is 2. The fourth-order valence-corrected chi connectivity index (χ4v) is 3.47. The minimum atomic E-state index is -1.08. The fourth-order valence-electron chi connectivity index (χ4n) is 3.21. The summed E-state index contributed by atoms with van der Waals surface area (Å²) in [5, 5.41) is 13.1. The minimum absolute atomic E-state index is 0.205. The first-order valence-electron chi connectivity index (χ1n) is 6.99. The molecule has 1 aliphatic heterocycles. The molecule has 2 aromatic carbocycles. The summed E-state index contributed by atoms with van der Waals surface area (Å²) >= 11 is 3.39. The molecule has 1 saturated heterocycles. The first kappa shape index (κ1) is 15.2. The molecule has 0 amide bonds. The number of rotatable bonds is 3. The van der Waals surface area contributed by atoms with Gasteiger partial charge in [-0.1, -0.05) is 40.2 Å². The van der Waals surface area contributed by atoms with E-state index in [-0.39, 0.29) is 11.7 Å². The molecule has 5 heteroatoms. The summed E-state index contributed by atoms with van der Waals surface area (Å²) in [6.45, 7) is 0.903. The van der Waals surface area contributed by atoms with Crippen molar-refractivity contribution in [1.29, 1.82) is 0 Å². The van der Waals surface area contributed by atoms with Crippen LogP contribution in [-0.2, 0) is 10.2 Å². The average molecular weight is 364 g/mol. The second-order valence-corrected chi connectivity index (χ2v) is 6.43. The molecule has 0 radical (unpaired) electrons. The molecule has 0 aliphatic carbocycles. The first-order chi connectivity index (χ1) is 10.5. The molecule has 2 N–H and O–H groups in total. The van der Waals surface area contributed by atoms with Gasteiger partial charge in [-0.25, -0.2) is 4.39 Å². The maximum Gasteiger partial charge on any atom is 0.316 e. The smallest absolute Gasteiger partial charge is 0.316 e. The molecule has 1 fully saturated rings. The lowest BCUT2D eigenvalue weighted by Crippen LogP contribution is -2.42. The van der Waals surface area contributed by atoms with Gasteiger partial charge < -0.3 is 10.4 Å². The largest absolute Gasteiger partial charge is 0.481 e. The molecule has 3 nitrogen and oxygen atoms in total. The third kappa shape index (κ3) is 2.44. The summed E-state index contributed by atoms with van der Waals surface area (Å²) < 4.78 is 14.1. The molecule has 0 spiro atoms. The van der Waals surface area contributed by atoms with Crippen LogP contribution >= 0.6 is 15.9 Å². The van der Waals surface area contributed by atoms with E-state index in [4.69, 9.17) is 0 Å². The van der Waals surface area contributed by atoms with E-state index in [1.54, 1.807) is 12.1 Å². The number of aliphatic carboxylic acids is 1. The third-order valence-electron chi connectivity index (χ3n) is 4.36. The Kier molecular flexibility index (Phi) is 4.02. The Bertz CT molecular complexity index is 687. The van der Waals surface area contributed by atoms with Gasteiger partial charge in [-0.15, -0.1) is 0 Å². The van der Waals surface area contributed by atoms with Gasteiger partial charge in [0.05, 0.1) is 0 Å². The molecular weight excluding hydrogens is 349 g/mol. The molecule has 0 bridgehead atoms. The average Bonchev–Trinajstić information content (AvgIpc) is 2.95. The van der Waals surface area contributed by atoms with E-state index >= 15 is 0 Å². The summed E-state index contributed by atoms with van der Waals surface area (Å²) in [6.07, 6.45) is 0. The topological polar surface area (TPSA) is 49.3 Å². The molecule has 2 unspecified atom stereocenters. The van der Waals surface area contributed by atoms with Crippen molar-refractivity contribution in [3.63, 3.8) is 0 Å². The van der Waals surface area contributed by atoms with Crippen LogP contribution in [0.1, 0.15) is 17.0 Å². The van der Waals surface area contributed by atoms with Crippen LogP contribution < -0.4 is 5.32 Å². The van der Waals surface area contributed by atoms with Gasteiger partial charge in [-0.2, -0.15) is 0 Å². The highest BCUT2D eigenvalue weighted by molar-refractivity contribution is 9.10. The highest BCUT2D eigenvalue weighted by atomic mass is 79.9. The Hall–Kier alpha value is -1.72. The lowest BCUT2D eigenvalue weighted by atomic mass is 9.70. The molecule has 0 saturated carbocycles. The van der Waals surface area contributed by atoms with Crippen molar-refractivity contribution in [2.24, 2.45) is 0 Å². The summed E-state index contributed by atoms with van der Waals surface area (Å²) in [5.74, 6) is -1.46. The van der Waals surface area contributed by atoms with Crippen molar-refractivity contribution >= 4 is 21.9 Å². The number of benzene rings is 2. The van der Waals surface area contributed by atoms with Crippen LogP contribution in [0.5, 0.6) is 0 Å². The molecule has 2 atom stereocenters. The van der Waals surface area contributed by atoms with Gasteiger partial charge in [0.25, 0.3) is 0 Å². The zero-order chi connectivity index (χ0) is 15.7. The molecule has 2 aromatic rings. The number of carboxylic acid groups (broad SMARTS) is 1. The van der Waals surface area contributed by atoms with Crippen LogP contribution in [0, 0.1) is 5.82 Å². The Morgan fingerprint density at radius 2 is 1.82 bits per heavy atom. The summed E-state index contributed by atoms with van der Waals surface area (Å²) in [7, 11) is 0. The van der Waals surface area contributed by atoms with E-state index < -0.39 is 11.4 Å². The van der Waals surface area contributed by atoms with Crippen LogP contribution in [-0.4, -0.2) is 24.2 Å². The van der Waals surface area contributed by atoms with Gasteiger partial charge >= 0.3 is 5.97 Å². The lowest BCUT2D eigenvalue weighted by Gasteiger charge is -2.31. The molecule has 114 valence electrons. The SMILES string of the molecule is O=C(O)C1(c2ccc(F)cc2)CNCC1c1ccc(Br)cc1. The van der Waals surface area contributed by atoms with Crippen LogP contribution in [0.4, 0.5) is 4.39 Å². The Morgan fingerprint density at radius 1 is 1.18 bits per heavy atom. The number of nitrogens with one attached hydrogen (secondary N) is 1. The Labute approximate surface area is 136 Å². The van der Waals surface area contributed by atoms with Crippen LogP contribution in [0.25, 0.3) is 0 Å². The van der Waals surface area contributed by atoms with Crippen molar-refractivity contribution in [3.8, 4) is 0 Å². The Morgan fingerprint density at radius 3 is 2.41 bits per heavy atom. The van der Waals surface area contributed by atoms with E-state index in [1.807, 2.05) is 24.3 Å². The number of carboxylic acids is 1. The zero-order valence-electron chi connectivity index (χ0n) is 11.7. The molecule has 1 aliphatic rings. The van der Waals surface area contributed by atoms with Gasteiger partial charge in [-0.3, -0.25) is 4.79 Å². The third-order valence-corrected chi connectivity index (χ3v) is 4.89. The zero-order valence-corrected chi connectivity index (χ0v) is 13.3. The molecule has 3 rings (SSSR count). The second-order valence-electron chi connectivity index (χ2n) is 5.52. The molecule has 1 heterocycles. The normalized spacial score (nSPS) is 24.4. The second kappa shape index (κ2) is 5.82. The van der Waals surface area contributed by atoms with Crippen LogP contribution in [0.2, 0.25) is 0 Å². The quantitative estimate of drug-likeness (QED) is 0.879. The van der Waals surface area contributed by atoms with Gasteiger partial charge in [0, 0.05) is 23.5 Å². The monoisotopic (exact) mass is 363 g/mol. The lowest BCUT2D eigenvalue weighted by molar-refractivity contribution is -0.143. The number of carbonyl (C=O) groups is 1. The molecule has 0 aromatic heterocycles. The van der Waals surface area contributed by atoms with E-state index in [9.17, 15) is 14.3 Å². The van der Waals surface area contributed by atoms with E-state index in [0.29, 0.717) is 18.7 Å². The van der Waals surface area contributed by atoms with Gasteiger partial charge in [0.2, 0.25) is 0 Å². The van der Waals surface area contributed by atoms with Gasteiger partial charge in [0.15, 0.2) is 0 Å². The molecular formula is C17H15BrFNO2. The molecule has 22 heavy (non-hydrogen) atoms. The van der Waals surface area contributed by atoms with E-state index in [2.05, 4.69) is 21.2 Å². The van der Waals surface area contributed by atoms with Crippen molar-refractivity contribution < 1.29 is 14.3 Å². The van der Waals surface area contributed by atoms with Crippen molar-refractivity contribution in [2.75, 3.05) is 13.1 Å². The van der Waals surface area contributed by atoms with Crippen molar-refractivity contribution in [3.05, 3.63) is 69.9 Å². The highest BCUT2D eigenvalue weighted by Gasteiger charge is 2.51. The number of hydrogen-bond acceptors (Lipinski definition) is 2. The minimum Gasteiger partial charge on any atom is -0.481 e. The van der Waals surface area contributed by atoms with E-state index in [1.165, 1.54) is 12.1 Å². The predicted octanol–water partition coefficient (Wildman–Crippen LogP) is 3.30. The van der Waals surface area contributed by atoms with Crippen molar-refractivity contribution in [2.45, 2.75) is 11.3 Å². The van der Waals surface area contributed by atoms with Crippen LogP contribution in [0.3, 0.4) is 0 Å². The van der Waals surface area contributed by atoms with Gasteiger partial charge in [-0.05, 0) is 35.4 Å². The fraction of sp³-hybridized carbons (Fsp3) is 0.235. The van der Waals surface area contributed by atoms with Crippen LogP contribution in [0.15, 0.2) is 53.0 Å². The maximum atomic E-state index is 13.2. The maximum absolute atomic E-state index is 13.2. The van der Waals surface area contributed by atoms with Crippen molar-refractivity contribution in [1.82, 2.24) is 5.32 Å². The summed E-state index contributed by atoms with van der Waals surface area (Å²) in [5.41, 5.74) is 0.501. The first-order valence-corrected chi connectivity index (χ1v) is 7.79. The standard InChI is InChI=1S/C17H15BrFNO2/c18-13-5-1-11(2-6-13)15-9-20-10-17(15,16(21)22)12-3-7-14(19)8-4-12/h1-8,15,20H,9-10H2,(H,21,22). The van der Waals surface area contributed by atoms with E-state index in [0.717, 1.165) is 10.0 Å². The Balaban J connectivity index is 2.10. The number of halogens is 2. The highest BCUT2D eigenvalue weighted by Crippen LogP contribution is 2.42. The predicted molar refractivity (Wildman–Crippen MR) is 85.5 cm³/mol.